The number of benzene rings is 1. The van der Waals surface area contributed by atoms with Crippen molar-refractivity contribution in [3.63, 3.8) is 0 Å². The van der Waals surface area contributed by atoms with Crippen molar-refractivity contribution in [3.8, 4) is 5.69 Å². The summed E-state index contributed by atoms with van der Waals surface area (Å²) in [6.07, 6.45) is 4.68. The summed E-state index contributed by atoms with van der Waals surface area (Å²) in [5.41, 5.74) is 1.89. The van der Waals surface area contributed by atoms with Gasteiger partial charge >= 0.3 is 0 Å². The van der Waals surface area contributed by atoms with Crippen LogP contribution < -0.4 is 10.9 Å². The number of thiophene rings is 1. The van der Waals surface area contributed by atoms with Gasteiger partial charge in [0.25, 0.3) is 5.56 Å². The van der Waals surface area contributed by atoms with Gasteiger partial charge in [-0.3, -0.25) is 14.2 Å². The Hall–Kier alpha value is -2.38. The number of hydrogen-bond acceptors (Lipinski definition) is 5. The van der Waals surface area contributed by atoms with Gasteiger partial charge in [-0.05, 0) is 49.8 Å². The van der Waals surface area contributed by atoms with Crippen molar-refractivity contribution in [3.05, 3.63) is 63.8 Å². The molecule has 1 aliphatic rings. The number of rotatable bonds is 6. The molecule has 1 aliphatic carbocycles. The maximum atomic E-state index is 13.7. The van der Waals surface area contributed by atoms with E-state index in [1.807, 2.05) is 37.3 Å². The minimum atomic E-state index is -0.390. The predicted octanol–water partition coefficient (Wildman–Crippen LogP) is 4.35. The molecular formula is C23H25N3O2S2. The molecule has 0 fully saturated rings. The molecule has 0 saturated carbocycles. The molecule has 0 aliphatic heterocycles. The Kier molecular flexibility index (Phi) is 6.11. The second-order valence-corrected chi connectivity index (χ2v) is 10.1. The zero-order chi connectivity index (χ0) is 21.3. The molecule has 7 heteroatoms. The molecule has 0 saturated heterocycles. The van der Waals surface area contributed by atoms with E-state index in [4.69, 9.17) is 4.98 Å². The van der Waals surface area contributed by atoms with Crippen molar-refractivity contribution in [1.82, 2.24) is 14.9 Å². The summed E-state index contributed by atoms with van der Waals surface area (Å²) in [6.45, 7) is 8.14. The van der Waals surface area contributed by atoms with Crippen LogP contribution in [-0.2, 0) is 17.6 Å². The molecule has 0 radical (unpaired) electrons. The van der Waals surface area contributed by atoms with Gasteiger partial charge < -0.3 is 5.32 Å². The lowest BCUT2D eigenvalue weighted by Gasteiger charge is -2.18. The number of carbonyl (C=O) groups excluding carboxylic acids is 1. The lowest BCUT2D eigenvalue weighted by molar-refractivity contribution is -0.120. The van der Waals surface area contributed by atoms with E-state index in [2.05, 4.69) is 18.8 Å². The first-order valence-corrected chi connectivity index (χ1v) is 11.9. The third-order valence-electron chi connectivity index (χ3n) is 5.38. The summed E-state index contributed by atoms with van der Waals surface area (Å²) in [5, 5.41) is 3.72. The van der Waals surface area contributed by atoms with Crippen LogP contribution in [0.25, 0.3) is 15.9 Å². The second-order valence-electron chi connectivity index (χ2n) is 7.70. The van der Waals surface area contributed by atoms with Crippen LogP contribution in [0.4, 0.5) is 0 Å². The molecule has 2 aromatic heterocycles. The molecule has 1 amide bonds. The molecule has 2 heterocycles. The Bertz CT molecular complexity index is 1150. The Morgan fingerprint density at radius 1 is 1.43 bits per heavy atom. The highest BCUT2D eigenvalue weighted by Crippen LogP contribution is 2.37. The minimum absolute atomic E-state index is 0.0422. The molecule has 30 heavy (non-hydrogen) atoms. The highest BCUT2D eigenvalue weighted by Gasteiger charge is 2.26. The van der Waals surface area contributed by atoms with Gasteiger partial charge in [0.2, 0.25) is 5.91 Å². The summed E-state index contributed by atoms with van der Waals surface area (Å²) >= 11 is 2.94. The SMILES string of the molecule is C=CCNC(=O)C(C)Sc1nc2sc3c(c2c(=O)n1-c1ccccc1)CCC(C)C3. The van der Waals surface area contributed by atoms with Crippen LogP contribution in [0.2, 0.25) is 0 Å². The second kappa shape index (κ2) is 8.78. The molecule has 3 aromatic rings. The van der Waals surface area contributed by atoms with E-state index in [0.29, 0.717) is 17.6 Å². The maximum Gasteiger partial charge on any atom is 0.267 e. The van der Waals surface area contributed by atoms with Gasteiger partial charge in [0.15, 0.2) is 5.16 Å². The summed E-state index contributed by atoms with van der Waals surface area (Å²) in [4.78, 5) is 33.1. The highest BCUT2D eigenvalue weighted by atomic mass is 32.2. The molecule has 156 valence electrons. The minimum Gasteiger partial charge on any atom is -0.352 e. The molecule has 2 atom stereocenters. The fraction of sp³-hybridized carbons (Fsp3) is 0.348. The molecule has 5 nitrogen and oxygen atoms in total. The zero-order valence-electron chi connectivity index (χ0n) is 17.2. The van der Waals surface area contributed by atoms with Gasteiger partial charge in [-0.15, -0.1) is 17.9 Å². The van der Waals surface area contributed by atoms with Crippen LogP contribution in [0.1, 0.15) is 30.7 Å². The van der Waals surface area contributed by atoms with E-state index in [-0.39, 0.29) is 16.7 Å². The Morgan fingerprint density at radius 2 is 2.20 bits per heavy atom. The van der Waals surface area contributed by atoms with Gasteiger partial charge in [0.05, 0.1) is 16.3 Å². The normalized spacial score (nSPS) is 16.8. The van der Waals surface area contributed by atoms with Crippen molar-refractivity contribution >= 4 is 39.2 Å². The molecular weight excluding hydrogens is 414 g/mol. The number of amides is 1. The van der Waals surface area contributed by atoms with Crippen LogP contribution in [0.3, 0.4) is 0 Å². The number of para-hydroxylation sites is 1. The number of thioether (sulfide) groups is 1. The van der Waals surface area contributed by atoms with Crippen molar-refractivity contribution in [2.45, 2.75) is 43.5 Å². The van der Waals surface area contributed by atoms with E-state index < -0.39 is 0 Å². The molecule has 2 unspecified atom stereocenters. The topological polar surface area (TPSA) is 64.0 Å². The third-order valence-corrected chi connectivity index (χ3v) is 7.59. The van der Waals surface area contributed by atoms with Crippen LogP contribution in [0.5, 0.6) is 0 Å². The monoisotopic (exact) mass is 439 g/mol. The average molecular weight is 440 g/mol. The lowest BCUT2D eigenvalue weighted by atomic mass is 9.89. The predicted molar refractivity (Wildman–Crippen MR) is 125 cm³/mol. The Balaban J connectivity index is 1.85. The van der Waals surface area contributed by atoms with E-state index in [9.17, 15) is 9.59 Å². The first-order valence-electron chi connectivity index (χ1n) is 10.2. The van der Waals surface area contributed by atoms with Gasteiger partial charge in [-0.25, -0.2) is 4.98 Å². The smallest absolute Gasteiger partial charge is 0.267 e. The maximum absolute atomic E-state index is 13.7. The number of hydrogen-bond donors (Lipinski definition) is 1. The first-order chi connectivity index (χ1) is 14.5. The number of nitrogens with one attached hydrogen (secondary N) is 1. The quantitative estimate of drug-likeness (QED) is 0.352. The Morgan fingerprint density at radius 3 is 2.93 bits per heavy atom. The van der Waals surface area contributed by atoms with Crippen molar-refractivity contribution in [2.24, 2.45) is 5.92 Å². The molecule has 1 N–H and O–H groups in total. The Labute approximate surface area is 184 Å². The zero-order valence-corrected chi connectivity index (χ0v) is 18.8. The van der Waals surface area contributed by atoms with Crippen LogP contribution >= 0.6 is 23.1 Å². The van der Waals surface area contributed by atoms with E-state index in [0.717, 1.165) is 35.2 Å². The van der Waals surface area contributed by atoms with Gasteiger partial charge in [0.1, 0.15) is 4.83 Å². The van der Waals surface area contributed by atoms with E-state index >= 15 is 0 Å². The lowest BCUT2D eigenvalue weighted by Crippen LogP contribution is -2.32. The summed E-state index contributed by atoms with van der Waals surface area (Å²) in [5.74, 6) is 0.525. The summed E-state index contributed by atoms with van der Waals surface area (Å²) in [7, 11) is 0. The average Bonchev–Trinajstić information content (AvgIpc) is 3.10. The van der Waals surface area contributed by atoms with Crippen molar-refractivity contribution in [1.29, 1.82) is 0 Å². The highest BCUT2D eigenvalue weighted by molar-refractivity contribution is 8.00. The standard InChI is InChI=1S/C23H25N3O2S2/c1-4-12-24-20(27)15(3)29-23-25-21-19(17-11-10-14(2)13-18(17)30-21)22(28)26(23)16-8-6-5-7-9-16/h4-9,14-15H,1,10-13H2,2-3H3,(H,24,27). The van der Waals surface area contributed by atoms with Gasteiger partial charge in [0, 0.05) is 11.4 Å². The summed E-state index contributed by atoms with van der Waals surface area (Å²) < 4.78 is 1.66. The van der Waals surface area contributed by atoms with E-state index in [1.165, 1.54) is 22.2 Å². The molecule has 0 bridgehead atoms. The van der Waals surface area contributed by atoms with Gasteiger partial charge in [-0.1, -0.05) is 43.0 Å². The number of fused-ring (bicyclic) bond motifs is 3. The van der Waals surface area contributed by atoms with E-state index in [1.54, 1.807) is 22.0 Å². The fourth-order valence-corrected chi connectivity index (χ4v) is 6.16. The number of nitrogens with zero attached hydrogens (tertiary/aromatic N) is 2. The first kappa shape index (κ1) is 20.9. The third kappa shape index (κ3) is 3.96. The molecule has 1 aromatic carbocycles. The van der Waals surface area contributed by atoms with Crippen molar-refractivity contribution in [2.75, 3.05) is 6.54 Å². The fourth-order valence-electron chi connectivity index (χ4n) is 3.78. The van der Waals surface area contributed by atoms with Gasteiger partial charge in [-0.2, -0.15) is 0 Å². The number of aromatic nitrogens is 2. The van der Waals surface area contributed by atoms with Crippen LogP contribution in [0, 0.1) is 5.92 Å². The van der Waals surface area contributed by atoms with Crippen LogP contribution in [-0.4, -0.2) is 27.3 Å². The van der Waals surface area contributed by atoms with Crippen LogP contribution in [0.15, 0.2) is 52.9 Å². The largest absolute Gasteiger partial charge is 0.352 e. The molecule has 0 spiro atoms. The number of carbonyl (C=O) groups is 1. The van der Waals surface area contributed by atoms with Crippen molar-refractivity contribution < 1.29 is 4.79 Å². The number of aryl methyl sites for hydroxylation is 1. The molecule has 4 rings (SSSR count). The summed E-state index contributed by atoms with van der Waals surface area (Å²) in [6, 6.07) is 9.55.